The maximum Gasteiger partial charge on any atom is 0.303 e. The highest BCUT2D eigenvalue weighted by atomic mass is 35.5. The summed E-state index contributed by atoms with van der Waals surface area (Å²) in [6.07, 6.45) is 14.0. The maximum atomic E-state index is 10.6. The van der Waals surface area contributed by atoms with Gasteiger partial charge in [-0.25, -0.2) is 0 Å². The number of carboxylic acids is 1. The standard InChI is InChI=1S/C19H38O3.ClH.H3N/c1-4-5-6-7-8-9-10-11-12-13-16-19(2,3)17(20)14-15-18(21)22;;/h17,20H,4-16H2,1-3H3,(H,21,22);1H;1H3. The van der Waals surface area contributed by atoms with Gasteiger partial charge in [-0.15, -0.1) is 12.4 Å². The topological polar surface area (TPSA) is 92.5 Å². The van der Waals surface area contributed by atoms with Crippen LogP contribution in [0.1, 0.15) is 104 Å². The monoisotopic (exact) mass is 367 g/mol. The summed E-state index contributed by atoms with van der Waals surface area (Å²) in [6, 6.07) is 0. The third kappa shape index (κ3) is 16.5. The highest BCUT2D eigenvalue weighted by molar-refractivity contribution is 5.85. The molecule has 5 heteroatoms. The number of aliphatic hydroxyl groups excluding tert-OH is 1. The van der Waals surface area contributed by atoms with E-state index in [0.717, 1.165) is 12.8 Å². The summed E-state index contributed by atoms with van der Waals surface area (Å²) >= 11 is 0. The summed E-state index contributed by atoms with van der Waals surface area (Å²) < 4.78 is 0. The molecule has 0 aromatic heterocycles. The van der Waals surface area contributed by atoms with Crippen LogP contribution in [0.5, 0.6) is 0 Å². The summed E-state index contributed by atoms with van der Waals surface area (Å²) in [4.78, 5) is 10.6. The fraction of sp³-hybridized carbons (Fsp3) is 0.947. The first-order chi connectivity index (χ1) is 10.4. The molecule has 0 heterocycles. The first-order valence-electron chi connectivity index (χ1n) is 9.30. The Kier molecular flexibility index (Phi) is 20.8. The lowest BCUT2D eigenvalue weighted by molar-refractivity contribution is -0.138. The van der Waals surface area contributed by atoms with Gasteiger partial charge in [0.2, 0.25) is 0 Å². The summed E-state index contributed by atoms with van der Waals surface area (Å²) in [6.45, 7) is 6.35. The molecule has 0 aromatic carbocycles. The van der Waals surface area contributed by atoms with Crippen molar-refractivity contribution in [2.45, 2.75) is 110 Å². The van der Waals surface area contributed by atoms with Gasteiger partial charge in [0.15, 0.2) is 0 Å². The van der Waals surface area contributed by atoms with E-state index >= 15 is 0 Å². The SMILES string of the molecule is CCCCCCCCCCCCC(C)(C)C(O)CCC(=O)O.Cl.N. The zero-order chi connectivity index (χ0) is 16.8. The smallest absolute Gasteiger partial charge is 0.303 e. The first kappa shape index (κ1) is 28.5. The molecule has 0 radical (unpaired) electrons. The second kappa shape index (κ2) is 17.5. The second-order valence-corrected chi connectivity index (χ2v) is 7.37. The van der Waals surface area contributed by atoms with Gasteiger partial charge in [-0.1, -0.05) is 85.0 Å². The summed E-state index contributed by atoms with van der Waals surface area (Å²) in [5, 5.41) is 18.8. The van der Waals surface area contributed by atoms with Crippen LogP contribution in [0.2, 0.25) is 0 Å². The molecule has 1 atom stereocenters. The number of hydrogen-bond donors (Lipinski definition) is 3. The Morgan fingerprint density at radius 1 is 0.917 bits per heavy atom. The lowest BCUT2D eigenvalue weighted by atomic mass is 9.79. The van der Waals surface area contributed by atoms with E-state index in [1.165, 1.54) is 57.8 Å². The van der Waals surface area contributed by atoms with Crippen LogP contribution in [0, 0.1) is 5.41 Å². The molecule has 0 amide bonds. The van der Waals surface area contributed by atoms with Crippen LogP contribution in [0.3, 0.4) is 0 Å². The van der Waals surface area contributed by atoms with Crippen LogP contribution in [-0.2, 0) is 4.79 Å². The Hall–Kier alpha value is -0.320. The first-order valence-corrected chi connectivity index (χ1v) is 9.30. The number of halogens is 1. The molecule has 0 aliphatic heterocycles. The van der Waals surface area contributed by atoms with E-state index < -0.39 is 12.1 Å². The number of carboxylic acid groups (broad SMARTS) is 1. The molecule has 0 saturated heterocycles. The molecule has 1 unspecified atom stereocenters. The normalized spacial score (nSPS) is 12.2. The Labute approximate surface area is 155 Å². The number of carbonyl (C=O) groups is 1. The molecular formula is C19H42ClNO3. The van der Waals surface area contributed by atoms with Crippen molar-refractivity contribution in [3.8, 4) is 0 Å². The Balaban J connectivity index is -0.00000220. The van der Waals surface area contributed by atoms with Gasteiger partial charge in [0.25, 0.3) is 0 Å². The van der Waals surface area contributed by atoms with Crippen LogP contribution in [-0.4, -0.2) is 22.3 Å². The molecule has 4 nitrogen and oxygen atoms in total. The van der Waals surface area contributed by atoms with Gasteiger partial charge >= 0.3 is 5.97 Å². The van der Waals surface area contributed by atoms with Crippen molar-refractivity contribution in [1.82, 2.24) is 6.15 Å². The van der Waals surface area contributed by atoms with E-state index in [-0.39, 0.29) is 30.4 Å². The van der Waals surface area contributed by atoms with E-state index in [4.69, 9.17) is 5.11 Å². The number of rotatable bonds is 15. The van der Waals surface area contributed by atoms with Gasteiger partial charge in [-0.05, 0) is 18.3 Å². The zero-order valence-corrected chi connectivity index (χ0v) is 17.0. The molecule has 0 aromatic rings. The number of unbranched alkanes of at least 4 members (excludes halogenated alkanes) is 9. The van der Waals surface area contributed by atoms with Gasteiger partial charge in [-0.3, -0.25) is 4.79 Å². The predicted octanol–water partition coefficient (Wildman–Crippen LogP) is 6.13. The Morgan fingerprint density at radius 3 is 1.75 bits per heavy atom. The molecule has 0 bridgehead atoms. The fourth-order valence-electron chi connectivity index (χ4n) is 2.89. The third-order valence-corrected chi connectivity index (χ3v) is 4.71. The molecule has 0 rings (SSSR count). The van der Waals surface area contributed by atoms with Gasteiger partial charge < -0.3 is 16.4 Å². The minimum Gasteiger partial charge on any atom is -0.481 e. The van der Waals surface area contributed by atoms with E-state index in [1.54, 1.807) is 0 Å². The Bertz CT molecular complexity index is 286. The van der Waals surface area contributed by atoms with Crippen LogP contribution in [0.4, 0.5) is 0 Å². The predicted molar refractivity (Wildman–Crippen MR) is 105 cm³/mol. The van der Waals surface area contributed by atoms with Gasteiger partial charge in [0.05, 0.1) is 6.10 Å². The minimum atomic E-state index is -0.825. The van der Waals surface area contributed by atoms with Crippen molar-refractivity contribution >= 4 is 18.4 Å². The van der Waals surface area contributed by atoms with E-state index in [0.29, 0.717) is 6.42 Å². The summed E-state index contributed by atoms with van der Waals surface area (Å²) in [7, 11) is 0. The van der Waals surface area contributed by atoms with Crippen LogP contribution in [0.15, 0.2) is 0 Å². The van der Waals surface area contributed by atoms with Crippen LogP contribution >= 0.6 is 12.4 Å². The van der Waals surface area contributed by atoms with E-state index in [9.17, 15) is 9.90 Å². The average molecular weight is 368 g/mol. The molecule has 0 saturated carbocycles. The summed E-state index contributed by atoms with van der Waals surface area (Å²) in [5.41, 5.74) is -0.171. The third-order valence-electron chi connectivity index (χ3n) is 4.71. The van der Waals surface area contributed by atoms with Crippen LogP contribution in [0.25, 0.3) is 0 Å². The summed E-state index contributed by atoms with van der Waals surface area (Å²) in [5.74, 6) is -0.825. The zero-order valence-electron chi connectivity index (χ0n) is 16.2. The van der Waals surface area contributed by atoms with E-state index in [1.807, 2.05) is 13.8 Å². The molecule has 0 aliphatic rings. The molecule has 0 spiro atoms. The van der Waals surface area contributed by atoms with Gasteiger partial charge in [0.1, 0.15) is 0 Å². The Morgan fingerprint density at radius 2 is 1.33 bits per heavy atom. The average Bonchev–Trinajstić information content (AvgIpc) is 2.46. The van der Waals surface area contributed by atoms with Gasteiger partial charge in [0, 0.05) is 6.42 Å². The molecule has 24 heavy (non-hydrogen) atoms. The number of hydrogen-bond acceptors (Lipinski definition) is 3. The van der Waals surface area contributed by atoms with Gasteiger partial charge in [-0.2, -0.15) is 0 Å². The minimum absolute atomic E-state index is 0. The fourth-order valence-corrected chi connectivity index (χ4v) is 2.89. The lowest BCUT2D eigenvalue weighted by Crippen LogP contribution is -2.29. The highest BCUT2D eigenvalue weighted by Gasteiger charge is 2.27. The largest absolute Gasteiger partial charge is 0.481 e. The molecule has 0 fully saturated rings. The maximum absolute atomic E-state index is 10.6. The van der Waals surface area contributed by atoms with Crippen LogP contribution < -0.4 is 6.15 Å². The van der Waals surface area contributed by atoms with E-state index in [2.05, 4.69) is 6.92 Å². The molecule has 5 N–H and O–H groups in total. The number of aliphatic carboxylic acids is 1. The molecule has 0 aliphatic carbocycles. The van der Waals surface area contributed by atoms with Crippen molar-refractivity contribution in [2.75, 3.05) is 0 Å². The molecule has 148 valence electrons. The van der Waals surface area contributed by atoms with Crippen molar-refractivity contribution in [2.24, 2.45) is 5.41 Å². The number of aliphatic hydroxyl groups is 1. The highest BCUT2D eigenvalue weighted by Crippen LogP contribution is 2.30. The van der Waals surface area contributed by atoms with Crippen molar-refractivity contribution < 1.29 is 15.0 Å². The van der Waals surface area contributed by atoms with Crippen molar-refractivity contribution in [3.63, 3.8) is 0 Å². The van der Waals surface area contributed by atoms with Crippen molar-refractivity contribution in [1.29, 1.82) is 0 Å². The van der Waals surface area contributed by atoms with Crippen molar-refractivity contribution in [3.05, 3.63) is 0 Å². The second-order valence-electron chi connectivity index (χ2n) is 7.37. The molecular weight excluding hydrogens is 326 g/mol. The lowest BCUT2D eigenvalue weighted by Gasteiger charge is -2.30. The quantitative estimate of drug-likeness (QED) is 0.303.